The van der Waals surface area contributed by atoms with E-state index in [1.807, 2.05) is 0 Å². The van der Waals surface area contributed by atoms with Gasteiger partial charge in [-0.25, -0.2) is 13.8 Å². The van der Waals surface area contributed by atoms with Gasteiger partial charge in [-0.1, -0.05) is 5.16 Å². The second-order valence-electron chi connectivity index (χ2n) is 5.27. The number of halogens is 2. The lowest BCUT2D eigenvalue weighted by Crippen LogP contribution is -2.12. The Hall–Kier alpha value is -3.63. The molecule has 3 rings (SSSR count). The van der Waals surface area contributed by atoms with Crippen molar-refractivity contribution in [1.29, 1.82) is 0 Å². The summed E-state index contributed by atoms with van der Waals surface area (Å²) in [5.41, 5.74) is 12.9. The molecule has 1 amide bonds. The average molecular weight is 361 g/mol. The number of aryl methyl sites for hydroxylation is 1. The minimum atomic E-state index is -2.86. The van der Waals surface area contributed by atoms with Crippen LogP contribution in [0.5, 0.6) is 0 Å². The monoisotopic (exact) mass is 361 g/mol. The topological polar surface area (TPSA) is 146 Å². The van der Waals surface area contributed by atoms with E-state index in [1.54, 1.807) is 25.1 Å². The molecule has 0 saturated heterocycles. The van der Waals surface area contributed by atoms with Gasteiger partial charge in [-0.05, 0) is 30.7 Å². The fraction of sp³-hybridized carbons (Fsp3) is 0.133. The van der Waals surface area contributed by atoms with Crippen LogP contribution in [-0.4, -0.2) is 26.0 Å². The smallest absolute Gasteiger partial charge is 0.300 e. The van der Waals surface area contributed by atoms with Crippen molar-refractivity contribution in [3.8, 4) is 11.5 Å². The van der Waals surface area contributed by atoms with E-state index >= 15 is 0 Å². The number of hydrogen-bond donors (Lipinski definition) is 3. The molecular weight excluding hydrogens is 348 g/mol. The highest BCUT2D eigenvalue weighted by molar-refractivity contribution is 5.94. The summed E-state index contributed by atoms with van der Waals surface area (Å²) in [5, 5.41) is 6.07. The third-order valence-electron chi connectivity index (χ3n) is 3.43. The summed E-state index contributed by atoms with van der Waals surface area (Å²) in [6.45, 7) is 1.74. The van der Waals surface area contributed by atoms with Crippen LogP contribution in [0, 0.1) is 6.92 Å². The highest BCUT2D eigenvalue weighted by atomic mass is 19.3. The molecule has 134 valence electrons. The van der Waals surface area contributed by atoms with Crippen LogP contribution in [0.2, 0.25) is 0 Å². The van der Waals surface area contributed by atoms with E-state index in [9.17, 15) is 13.6 Å². The minimum absolute atomic E-state index is 0.0301. The van der Waals surface area contributed by atoms with Crippen molar-refractivity contribution in [2.24, 2.45) is 5.73 Å². The molecule has 2 aromatic heterocycles. The Morgan fingerprint density at radius 2 is 2.08 bits per heavy atom. The van der Waals surface area contributed by atoms with Crippen LogP contribution in [-0.2, 0) is 0 Å². The number of nitrogens with zero attached hydrogens (tertiary/aromatic N) is 4. The summed E-state index contributed by atoms with van der Waals surface area (Å²) >= 11 is 0. The summed E-state index contributed by atoms with van der Waals surface area (Å²) in [4.78, 5) is 22.9. The number of carbonyl (C=O) groups excluding carboxylic acids is 1. The molecule has 0 unspecified atom stereocenters. The fourth-order valence-electron chi connectivity index (χ4n) is 2.20. The summed E-state index contributed by atoms with van der Waals surface area (Å²) in [6.07, 6.45) is -1.58. The average Bonchev–Trinajstić information content (AvgIpc) is 3.04. The minimum Gasteiger partial charge on any atom is -0.383 e. The number of primary amides is 1. The van der Waals surface area contributed by atoms with Gasteiger partial charge in [-0.15, -0.1) is 0 Å². The zero-order valence-corrected chi connectivity index (χ0v) is 13.4. The predicted octanol–water partition coefficient (Wildman–Crippen LogP) is 2.20. The number of nitrogens with two attached hydrogens (primary N) is 2. The maximum Gasteiger partial charge on any atom is 0.300 e. The lowest BCUT2D eigenvalue weighted by Gasteiger charge is -2.09. The first-order valence-corrected chi connectivity index (χ1v) is 7.27. The van der Waals surface area contributed by atoms with Crippen LogP contribution >= 0.6 is 0 Å². The van der Waals surface area contributed by atoms with E-state index in [-0.39, 0.29) is 23.2 Å². The molecule has 0 aliphatic carbocycles. The van der Waals surface area contributed by atoms with Crippen LogP contribution < -0.4 is 16.8 Å². The van der Waals surface area contributed by atoms with Crippen molar-refractivity contribution >= 4 is 23.4 Å². The quantitative estimate of drug-likeness (QED) is 0.627. The molecule has 0 bridgehead atoms. The zero-order valence-electron chi connectivity index (χ0n) is 13.4. The molecule has 2 heterocycles. The third-order valence-corrected chi connectivity index (χ3v) is 3.43. The number of anilines is 3. The van der Waals surface area contributed by atoms with Crippen molar-refractivity contribution in [3.63, 3.8) is 0 Å². The van der Waals surface area contributed by atoms with Crippen molar-refractivity contribution in [3.05, 3.63) is 41.3 Å². The van der Waals surface area contributed by atoms with Gasteiger partial charge >= 0.3 is 6.43 Å². The summed E-state index contributed by atoms with van der Waals surface area (Å²) < 4.78 is 29.8. The highest BCUT2D eigenvalue weighted by Crippen LogP contribution is 2.26. The third kappa shape index (κ3) is 3.41. The van der Waals surface area contributed by atoms with Gasteiger partial charge in [0.05, 0.1) is 0 Å². The molecule has 0 aliphatic rings. The van der Waals surface area contributed by atoms with Gasteiger partial charge in [0.1, 0.15) is 11.4 Å². The number of nitrogens with one attached hydrogen (secondary N) is 1. The Balaban J connectivity index is 1.83. The molecule has 26 heavy (non-hydrogen) atoms. The Morgan fingerprint density at radius 3 is 2.65 bits per heavy atom. The predicted molar refractivity (Wildman–Crippen MR) is 87.7 cm³/mol. The van der Waals surface area contributed by atoms with Gasteiger partial charge in [0.25, 0.3) is 5.89 Å². The molecule has 5 N–H and O–H groups in total. The summed E-state index contributed by atoms with van der Waals surface area (Å²) in [5.74, 6) is -1.34. The van der Waals surface area contributed by atoms with Crippen LogP contribution in [0.15, 0.2) is 28.9 Å². The lowest BCUT2D eigenvalue weighted by atomic mass is 10.1. The van der Waals surface area contributed by atoms with Gasteiger partial charge in [0.2, 0.25) is 17.7 Å². The number of benzene rings is 1. The van der Waals surface area contributed by atoms with Crippen LogP contribution in [0.1, 0.15) is 28.2 Å². The van der Waals surface area contributed by atoms with Gasteiger partial charge in [-0.2, -0.15) is 9.97 Å². The maximum absolute atomic E-state index is 12.5. The molecular formula is C15H13F2N7O2. The van der Waals surface area contributed by atoms with E-state index < -0.39 is 18.2 Å². The van der Waals surface area contributed by atoms with E-state index in [0.29, 0.717) is 16.8 Å². The Bertz CT molecular complexity index is 974. The first-order chi connectivity index (χ1) is 12.3. The molecule has 0 atom stereocenters. The highest BCUT2D eigenvalue weighted by Gasteiger charge is 2.19. The fourth-order valence-corrected chi connectivity index (χ4v) is 2.20. The molecule has 0 saturated carbocycles. The molecule has 0 aliphatic heterocycles. The van der Waals surface area contributed by atoms with E-state index in [2.05, 4.69) is 25.4 Å². The standard InChI is InChI=1S/C15H13F2N7O2/c1-6-4-7(2-3-8(6)12(19)25)21-15-20-5-9(11(18)22-15)14-23-13(10(16)17)24-26-14/h2-5,10H,1H3,(H2,19,25)(H3,18,20,21,22). The van der Waals surface area contributed by atoms with E-state index in [1.165, 1.54) is 6.20 Å². The summed E-state index contributed by atoms with van der Waals surface area (Å²) in [7, 11) is 0. The molecule has 11 heteroatoms. The van der Waals surface area contributed by atoms with Crippen LogP contribution in [0.3, 0.4) is 0 Å². The number of nitrogen functional groups attached to an aromatic ring is 1. The zero-order chi connectivity index (χ0) is 18.8. The number of hydrogen-bond acceptors (Lipinski definition) is 8. The van der Waals surface area contributed by atoms with Gasteiger partial charge < -0.3 is 21.3 Å². The first-order valence-electron chi connectivity index (χ1n) is 7.27. The van der Waals surface area contributed by atoms with E-state index in [4.69, 9.17) is 16.0 Å². The summed E-state index contributed by atoms with van der Waals surface area (Å²) in [6, 6.07) is 4.90. The maximum atomic E-state index is 12.5. The number of rotatable bonds is 5. The number of amides is 1. The van der Waals surface area contributed by atoms with Crippen LogP contribution in [0.4, 0.5) is 26.2 Å². The Kier molecular flexibility index (Phi) is 4.43. The molecule has 9 nitrogen and oxygen atoms in total. The Morgan fingerprint density at radius 1 is 1.31 bits per heavy atom. The number of aromatic nitrogens is 4. The van der Waals surface area contributed by atoms with Crippen molar-refractivity contribution in [2.75, 3.05) is 11.1 Å². The van der Waals surface area contributed by atoms with Crippen LogP contribution in [0.25, 0.3) is 11.5 Å². The molecule has 0 radical (unpaired) electrons. The second-order valence-corrected chi connectivity index (χ2v) is 5.27. The molecule has 1 aromatic carbocycles. The largest absolute Gasteiger partial charge is 0.383 e. The first kappa shape index (κ1) is 17.2. The van der Waals surface area contributed by atoms with E-state index in [0.717, 1.165) is 0 Å². The normalized spacial score (nSPS) is 10.9. The van der Waals surface area contributed by atoms with Gasteiger partial charge in [0, 0.05) is 17.4 Å². The van der Waals surface area contributed by atoms with Gasteiger partial charge in [-0.3, -0.25) is 4.79 Å². The number of carbonyl (C=O) groups is 1. The molecule has 0 fully saturated rings. The Labute approximate surface area is 145 Å². The molecule has 3 aromatic rings. The van der Waals surface area contributed by atoms with Crippen molar-refractivity contribution in [1.82, 2.24) is 20.1 Å². The second kappa shape index (κ2) is 6.70. The molecule has 0 spiro atoms. The van der Waals surface area contributed by atoms with Crippen molar-refractivity contribution < 1.29 is 18.1 Å². The lowest BCUT2D eigenvalue weighted by molar-refractivity contribution is 0.0999. The SMILES string of the molecule is Cc1cc(Nc2ncc(-c3nc(C(F)F)no3)c(N)n2)ccc1C(N)=O. The van der Waals surface area contributed by atoms with Gasteiger partial charge in [0.15, 0.2) is 0 Å². The number of alkyl halides is 2. The van der Waals surface area contributed by atoms with Crippen molar-refractivity contribution in [2.45, 2.75) is 13.3 Å².